The monoisotopic (exact) mass is 204 g/mol. The number of rotatable bonds is 4. The molecule has 1 fully saturated rings. The van der Waals surface area contributed by atoms with Gasteiger partial charge in [0, 0.05) is 11.5 Å². The van der Waals surface area contributed by atoms with Crippen molar-refractivity contribution in [2.75, 3.05) is 0 Å². The quantitative estimate of drug-likeness (QED) is 0.762. The predicted octanol–water partition coefficient (Wildman–Crippen LogP) is 1.91. The Bertz CT molecular complexity index is 388. The summed E-state index contributed by atoms with van der Waals surface area (Å²) in [4.78, 5) is 22.1. The van der Waals surface area contributed by atoms with Gasteiger partial charge in [0.15, 0.2) is 5.78 Å². The van der Waals surface area contributed by atoms with Crippen LogP contribution in [0.2, 0.25) is 0 Å². The maximum Gasteiger partial charge on any atom is 0.307 e. The molecule has 1 aliphatic rings. The van der Waals surface area contributed by atoms with Gasteiger partial charge in [-0.25, -0.2) is 0 Å². The van der Waals surface area contributed by atoms with Crippen LogP contribution in [0.4, 0.5) is 0 Å². The van der Waals surface area contributed by atoms with E-state index in [9.17, 15) is 9.59 Å². The minimum Gasteiger partial charge on any atom is -0.481 e. The Labute approximate surface area is 87.7 Å². The number of carboxylic acids is 1. The average molecular weight is 204 g/mol. The molecule has 0 atom stereocenters. The van der Waals surface area contributed by atoms with Crippen LogP contribution in [0.1, 0.15) is 28.8 Å². The summed E-state index contributed by atoms with van der Waals surface area (Å²) < 4.78 is 0. The molecule has 0 radical (unpaired) electrons. The summed E-state index contributed by atoms with van der Waals surface area (Å²) in [6.07, 6.45) is 2.00. The topological polar surface area (TPSA) is 54.4 Å². The SMILES string of the molecule is O=C(O)Cc1ccc(C(=O)C2CC2)cc1. The van der Waals surface area contributed by atoms with Crippen LogP contribution < -0.4 is 0 Å². The lowest BCUT2D eigenvalue weighted by Gasteiger charge is -2.00. The number of ketones is 1. The van der Waals surface area contributed by atoms with Gasteiger partial charge >= 0.3 is 5.97 Å². The highest BCUT2D eigenvalue weighted by Gasteiger charge is 2.30. The summed E-state index contributed by atoms with van der Waals surface area (Å²) in [6.45, 7) is 0. The van der Waals surface area contributed by atoms with Crippen LogP contribution in [0.25, 0.3) is 0 Å². The van der Waals surface area contributed by atoms with Crippen LogP contribution in [0.15, 0.2) is 24.3 Å². The summed E-state index contributed by atoms with van der Waals surface area (Å²) >= 11 is 0. The van der Waals surface area contributed by atoms with E-state index in [0.29, 0.717) is 5.56 Å². The van der Waals surface area contributed by atoms with Gasteiger partial charge in [0.1, 0.15) is 0 Å². The molecule has 0 aromatic heterocycles. The molecule has 78 valence electrons. The third kappa shape index (κ3) is 2.43. The second-order valence-corrected chi connectivity index (χ2v) is 3.91. The first-order chi connectivity index (χ1) is 7.16. The highest BCUT2D eigenvalue weighted by Crippen LogP contribution is 2.32. The number of hydrogen-bond donors (Lipinski definition) is 1. The maximum atomic E-state index is 11.6. The van der Waals surface area contributed by atoms with Crippen LogP contribution in [-0.4, -0.2) is 16.9 Å². The third-order valence-corrected chi connectivity index (χ3v) is 2.54. The first-order valence-electron chi connectivity index (χ1n) is 5.02. The van der Waals surface area contributed by atoms with Crippen LogP contribution in [0.3, 0.4) is 0 Å². The van der Waals surface area contributed by atoms with Crippen LogP contribution in [0.5, 0.6) is 0 Å². The molecule has 1 saturated carbocycles. The van der Waals surface area contributed by atoms with Crippen molar-refractivity contribution in [3.8, 4) is 0 Å². The van der Waals surface area contributed by atoms with Gasteiger partial charge in [-0.1, -0.05) is 24.3 Å². The molecule has 2 rings (SSSR count). The Hall–Kier alpha value is -1.64. The van der Waals surface area contributed by atoms with Crippen LogP contribution in [-0.2, 0) is 11.2 Å². The van der Waals surface area contributed by atoms with E-state index in [-0.39, 0.29) is 18.1 Å². The summed E-state index contributed by atoms with van der Waals surface area (Å²) in [5.74, 6) is -0.441. The van der Waals surface area contributed by atoms with Gasteiger partial charge in [-0.15, -0.1) is 0 Å². The molecule has 1 aromatic carbocycles. The zero-order valence-corrected chi connectivity index (χ0v) is 8.27. The van der Waals surface area contributed by atoms with Crippen molar-refractivity contribution in [2.24, 2.45) is 5.92 Å². The van der Waals surface area contributed by atoms with Crippen molar-refractivity contribution in [3.05, 3.63) is 35.4 Å². The number of carbonyl (C=O) groups is 2. The average Bonchev–Trinajstić information content (AvgIpc) is 3.00. The van der Waals surface area contributed by atoms with Gasteiger partial charge < -0.3 is 5.11 Å². The zero-order chi connectivity index (χ0) is 10.8. The molecule has 3 heteroatoms. The molecule has 1 aliphatic carbocycles. The first kappa shape index (κ1) is 9.90. The molecule has 0 heterocycles. The van der Waals surface area contributed by atoms with Gasteiger partial charge in [-0.05, 0) is 18.4 Å². The number of Topliss-reactive ketones (excluding diaryl/α,β-unsaturated/α-hetero) is 1. The Morgan fingerprint density at radius 3 is 2.27 bits per heavy atom. The van der Waals surface area contributed by atoms with E-state index in [4.69, 9.17) is 5.11 Å². The standard InChI is InChI=1S/C12H12O3/c13-11(14)7-8-1-3-9(4-2-8)12(15)10-5-6-10/h1-4,10H,5-7H2,(H,13,14). The highest BCUT2D eigenvalue weighted by atomic mass is 16.4. The molecule has 0 aliphatic heterocycles. The fraction of sp³-hybridized carbons (Fsp3) is 0.333. The third-order valence-electron chi connectivity index (χ3n) is 2.54. The first-order valence-corrected chi connectivity index (χ1v) is 5.02. The fourth-order valence-electron chi connectivity index (χ4n) is 1.54. The molecule has 1 aromatic rings. The number of benzene rings is 1. The van der Waals surface area contributed by atoms with E-state index in [1.165, 1.54) is 0 Å². The second-order valence-electron chi connectivity index (χ2n) is 3.91. The Morgan fingerprint density at radius 1 is 1.20 bits per heavy atom. The molecule has 0 saturated heterocycles. The van der Waals surface area contributed by atoms with Gasteiger partial charge in [-0.3, -0.25) is 9.59 Å². The fourth-order valence-corrected chi connectivity index (χ4v) is 1.54. The molecule has 0 spiro atoms. The normalized spacial score (nSPS) is 14.9. The Morgan fingerprint density at radius 2 is 1.80 bits per heavy atom. The minimum atomic E-state index is -0.851. The van der Waals surface area contributed by atoms with Crippen molar-refractivity contribution in [1.82, 2.24) is 0 Å². The smallest absolute Gasteiger partial charge is 0.307 e. The predicted molar refractivity (Wildman–Crippen MR) is 54.8 cm³/mol. The summed E-state index contributed by atoms with van der Waals surface area (Å²) in [7, 11) is 0. The molecule has 1 N–H and O–H groups in total. The highest BCUT2D eigenvalue weighted by molar-refractivity contribution is 5.99. The van der Waals surface area contributed by atoms with E-state index in [0.717, 1.165) is 18.4 Å². The van der Waals surface area contributed by atoms with Crippen LogP contribution in [0, 0.1) is 5.92 Å². The van der Waals surface area contributed by atoms with Crippen LogP contribution >= 0.6 is 0 Å². The van der Waals surface area contributed by atoms with Crippen molar-refractivity contribution >= 4 is 11.8 Å². The summed E-state index contributed by atoms with van der Waals surface area (Å²) in [6, 6.07) is 6.87. The zero-order valence-electron chi connectivity index (χ0n) is 8.27. The maximum absolute atomic E-state index is 11.6. The lowest BCUT2D eigenvalue weighted by atomic mass is 10.0. The van der Waals surface area contributed by atoms with E-state index < -0.39 is 5.97 Å². The molecule has 15 heavy (non-hydrogen) atoms. The van der Waals surface area contributed by atoms with Crippen molar-refractivity contribution in [2.45, 2.75) is 19.3 Å². The number of hydrogen-bond acceptors (Lipinski definition) is 2. The number of carboxylic acid groups (broad SMARTS) is 1. The van der Waals surface area contributed by atoms with Gasteiger partial charge in [-0.2, -0.15) is 0 Å². The summed E-state index contributed by atoms with van der Waals surface area (Å²) in [5.41, 5.74) is 1.43. The molecule has 0 bridgehead atoms. The molecule has 0 unspecified atom stereocenters. The Balaban J connectivity index is 2.09. The molecule has 0 amide bonds. The van der Waals surface area contributed by atoms with Crippen molar-refractivity contribution in [3.63, 3.8) is 0 Å². The molecule has 3 nitrogen and oxygen atoms in total. The molecular weight excluding hydrogens is 192 g/mol. The lowest BCUT2D eigenvalue weighted by Crippen LogP contribution is -2.03. The number of carbonyl (C=O) groups excluding carboxylic acids is 1. The van der Waals surface area contributed by atoms with Crippen molar-refractivity contribution in [1.29, 1.82) is 0 Å². The Kier molecular flexibility index (Phi) is 2.54. The molecular formula is C12H12O3. The van der Waals surface area contributed by atoms with Gasteiger partial charge in [0.25, 0.3) is 0 Å². The van der Waals surface area contributed by atoms with Gasteiger partial charge in [0.2, 0.25) is 0 Å². The van der Waals surface area contributed by atoms with E-state index >= 15 is 0 Å². The van der Waals surface area contributed by atoms with E-state index in [1.54, 1.807) is 24.3 Å². The summed E-state index contributed by atoms with van der Waals surface area (Å²) in [5, 5.41) is 8.58. The van der Waals surface area contributed by atoms with Crippen molar-refractivity contribution < 1.29 is 14.7 Å². The minimum absolute atomic E-state index is 0.0118. The van der Waals surface area contributed by atoms with Gasteiger partial charge in [0.05, 0.1) is 6.42 Å². The van der Waals surface area contributed by atoms with E-state index in [1.807, 2.05) is 0 Å². The second kappa shape index (κ2) is 3.85. The number of aliphatic carboxylic acids is 1. The lowest BCUT2D eigenvalue weighted by molar-refractivity contribution is -0.136. The largest absolute Gasteiger partial charge is 0.481 e. The van der Waals surface area contributed by atoms with E-state index in [2.05, 4.69) is 0 Å².